The van der Waals surface area contributed by atoms with E-state index in [1.165, 1.54) is 49.9 Å². The van der Waals surface area contributed by atoms with E-state index in [0.717, 1.165) is 12.2 Å². The van der Waals surface area contributed by atoms with Crippen molar-refractivity contribution in [3.63, 3.8) is 0 Å². The van der Waals surface area contributed by atoms with Gasteiger partial charge in [0.15, 0.2) is 0 Å². The molecule has 1 N–H and O–H groups in total. The molecule has 1 rings (SSSR count). The van der Waals surface area contributed by atoms with Gasteiger partial charge in [-0.3, -0.25) is 0 Å². The molecule has 0 saturated carbocycles. The summed E-state index contributed by atoms with van der Waals surface area (Å²) in [5.74, 6) is -0.247. The van der Waals surface area contributed by atoms with E-state index in [0.29, 0.717) is 12.2 Å². The standard InChI is InChI=1S/C21H37NO2Si/c1-5-15-25(16-6-2,17-7-3)18-9-14-22-20-12-10-19(11-13-20)21(23)24-8-4/h10-13,22H,5-9,14-18H2,1-4H3. The van der Waals surface area contributed by atoms with Gasteiger partial charge in [-0.1, -0.05) is 64.2 Å². The van der Waals surface area contributed by atoms with Crippen molar-refractivity contribution in [3.8, 4) is 0 Å². The van der Waals surface area contributed by atoms with E-state index in [4.69, 9.17) is 4.74 Å². The first-order valence-corrected chi connectivity index (χ1v) is 12.9. The summed E-state index contributed by atoms with van der Waals surface area (Å²) in [4.78, 5) is 11.7. The van der Waals surface area contributed by atoms with E-state index in [2.05, 4.69) is 26.1 Å². The topological polar surface area (TPSA) is 38.3 Å². The minimum atomic E-state index is -1.07. The van der Waals surface area contributed by atoms with Gasteiger partial charge in [-0.25, -0.2) is 4.79 Å². The number of benzene rings is 1. The molecule has 0 atom stereocenters. The third-order valence-electron chi connectivity index (χ3n) is 4.95. The molecule has 0 unspecified atom stereocenters. The Morgan fingerprint density at radius 2 is 1.48 bits per heavy atom. The first-order valence-electron chi connectivity index (χ1n) is 10.1. The summed E-state index contributed by atoms with van der Waals surface area (Å²) in [6.07, 6.45) is 5.28. The van der Waals surface area contributed by atoms with E-state index in [9.17, 15) is 4.79 Å². The third-order valence-corrected chi connectivity index (χ3v) is 11.0. The highest BCUT2D eigenvalue weighted by Crippen LogP contribution is 2.31. The average molecular weight is 364 g/mol. The summed E-state index contributed by atoms with van der Waals surface area (Å²) >= 11 is 0. The summed E-state index contributed by atoms with van der Waals surface area (Å²) in [5.41, 5.74) is 1.70. The molecule has 0 spiro atoms. The Morgan fingerprint density at radius 1 is 0.920 bits per heavy atom. The van der Waals surface area contributed by atoms with Gasteiger partial charge >= 0.3 is 5.97 Å². The van der Waals surface area contributed by atoms with Crippen molar-refractivity contribution < 1.29 is 9.53 Å². The highest BCUT2D eigenvalue weighted by atomic mass is 28.3. The van der Waals surface area contributed by atoms with E-state index in [1.54, 1.807) is 0 Å². The van der Waals surface area contributed by atoms with Gasteiger partial charge in [0.2, 0.25) is 0 Å². The second kappa shape index (κ2) is 12.1. The molecule has 1 aromatic rings. The van der Waals surface area contributed by atoms with E-state index < -0.39 is 8.07 Å². The number of carbonyl (C=O) groups excluding carboxylic acids is 1. The lowest BCUT2D eigenvalue weighted by atomic mass is 10.2. The van der Waals surface area contributed by atoms with Crippen molar-refractivity contribution >= 4 is 19.7 Å². The Hall–Kier alpha value is -1.29. The van der Waals surface area contributed by atoms with E-state index in [-0.39, 0.29) is 5.97 Å². The number of carbonyl (C=O) groups is 1. The molecule has 0 heterocycles. The monoisotopic (exact) mass is 363 g/mol. The Kier molecular flexibility index (Phi) is 10.5. The number of anilines is 1. The van der Waals surface area contributed by atoms with Crippen molar-refractivity contribution in [2.75, 3.05) is 18.5 Å². The molecule has 0 saturated heterocycles. The van der Waals surface area contributed by atoms with Crippen molar-refractivity contribution in [1.82, 2.24) is 0 Å². The molecule has 0 aliphatic carbocycles. The lowest BCUT2D eigenvalue weighted by molar-refractivity contribution is 0.0526. The van der Waals surface area contributed by atoms with Crippen LogP contribution >= 0.6 is 0 Å². The van der Waals surface area contributed by atoms with Gasteiger partial charge in [-0.2, -0.15) is 0 Å². The molecule has 0 fully saturated rings. The molecule has 3 nitrogen and oxygen atoms in total. The molecule has 0 aliphatic rings. The lowest BCUT2D eigenvalue weighted by Gasteiger charge is -2.31. The first kappa shape index (κ1) is 21.7. The van der Waals surface area contributed by atoms with Crippen LogP contribution < -0.4 is 5.32 Å². The van der Waals surface area contributed by atoms with Gasteiger partial charge in [-0.05, 0) is 37.6 Å². The minimum Gasteiger partial charge on any atom is -0.462 e. The second-order valence-electron chi connectivity index (χ2n) is 7.08. The van der Waals surface area contributed by atoms with Crippen LogP contribution in [0.3, 0.4) is 0 Å². The van der Waals surface area contributed by atoms with Gasteiger partial charge in [-0.15, -0.1) is 0 Å². The normalized spacial score (nSPS) is 11.4. The predicted octanol–water partition coefficient (Wildman–Crippen LogP) is 6.34. The fourth-order valence-corrected chi connectivity index (χ4v) is 9.58. The van der Waals surface area contributed by atoms with Crippen LogP contribution in [0.5, 0.6) is 0 Å². The first-order chi connectivity index (χ1) is 12.1. The number of hydrogen-bond donors (Lipinski definition) is 1. The quantitative estimate of drug-likeness (QED) is 0.252. The summed E-state index contributed by atoms with van der Waals surface area (Å²) in [6, 6.07) is 13.5. The smallest absolute Gasteiger partial charge is 0.338 e. The number of esters is 1. The molecule has 142 valence electrons. The van der Waals surface area contributed by atoms with Crippen LogP contribution in [0, 0.1) is 0 Å². The minimum absolute atomic E-state index is 0.247. The molecule has 25 heavy (non-hydrogen) atoms. The van der Waals surface area contributed by atoms with Crippen molar-refractivity contribution in [1.29, 1.82) is 0 Å². The average Bonchev–Trinajstić information content (AvgIpc) is 2.60. The molecule has 0 aromatic heterocycles. The second-order valence-corrected chi connectivity index (χ2v) is 12.1. The summed E-state index contributed by atoms with van der Waals surface area (Å²) in [5, 5.41) is 3.51. The van der Waals surface area contributed by atoms with Crippen LogP contribution in [-0.4, -0.2) is 27.2 Å². The maximum absolute atomic E-state index is 11.7. The summed E-state index contributed by atoms with van der Waals surface area (Å²) < 4.78 is 5.02. The number of nitrogens with one attached hydrogen (secondary N) is 1. The zero-order valence-electron chi connectivity index (χ0n) is 16.7. The zero-order valence-corrected chi connectivity index (χ0v) is 17.7. The van der Waals surface area contributed by atoms with Crippen molar-refractivity contribution in [2.45, 2.75) is 77.6 Å². The van der Waals surface area contributed by atoms with Gasteiger partial charge in [0, 0.05) is 12.2 Å². The number of rotatable bonds is 13. The number of hydrogen-bond acceptors (Lipinski definition) is 3. The van der Waals surface area contributed by atoms with Gasteiger partial charge in [0.25, 0.3) is 0 Å². The SMILES string of the molecule is CCC[Si](CCC)(CCC)CCCNc1ccc(C(=O)OCC)cc1. The maximum atomic E-state index is 11.7. The van der Waals surface area contributed by atoms with Gasteiger partial charge in [0.1, 0.15) is 0 Å². The number of ether oxygens (including phenoxy) is 1. The summed E-state index contributed by atoms with van der Waals surface area (Å²) in [6.45, 7) is 10.3. The van der Waals surface area contributed by atoms with E-state index in [1.807, 2.05) is 31.2 Å². The molecule has 4 heteroatoms. The summed E-state index contributed by atoms with van der Waals surface area (Å²) in [7, 11) is -1.07. The zero-order chi connectivity index (χ0) is 18.5. The molecule has 0 bridgehead atoms. The largest absolute Gasteiger partial charge is 0.462 e. The predicted molar refractivity (Wildman–Crippen MR) is 111 cm³/mol. The fourth-order valence-electron chi connectivity index (χ4n) is 3.98. The van der Waals surface area contributed by atoms with Crippen molar-refractivity contribution in [3.05, 3.63) is 29.8 Å². The molecule has 1 aromatic carbocycles. The van der Waals surface area contributed by atoms with Crippen LogP contribution in [0.4, 0.5) is 5.69 Å². The fraction of sp³-hybridized carbons (Fsp3) is 0.667. The highest BCUT2D eigenvalue weighted by molar-refractivity contribution is 6.79. The van der Waals surface area contributed by atoms with Crippen LogP contribution in [-0.2, 0) is 4.74 Å². The van der Waals surface area contributed by atoms with E-state index >= 15 is 0 Å². The molecule has 0 amide bonds. The Bertz CT molecular complexity index is 470. The Morgan fingerprint density at radius 3 is 1.96 bits per heavy atom. The highest BCUT2D eigenvalue weighted by Gasteiger charge is 2.29. The Balaban J connectivity index is 2.48. The van der Waals surface area contributed by atoms with Crippen LogP contribution in [0.2, 0.25) is 24.2 Å². The molecule has 0 aliphatic heterocycles. The van der Waals surface area contributed by atoms with Gasteiger partial charge in [0.05, 0.1) is 20.2 Å². The third kappa shape index (κ3) is 7.64. The Labute approximate surface area is 155 Å². The van der Waals surface area contributed by atoms with Gasteiger partial charge < -0.3 is 10.1 Å². The van der Waals surface area contributed by atoms with Crippen LogP contribution in [0.15, 0.2) is 24.3 Å². The molecular weight excluding hydrogens is 326 g/mol. The maximum Gasteiger partial charge on any atom is 0.338 e. The molecular formula is C21H37NO2Si. The molecule has 0 radical (unpaired) electrons. The van der Waals surface area contributed by atoms with Crippen LogP contribution in [0.25, 0.3) is 0 Å². The van der Waals surface area contributed by atoms with Crippen molar-refractivity contribution in [2.24, 2.45) is 0 Å². The van der Waals surface area contributed by atoms with Crippen LogP contribution in [0.1, 0.15) is 63.7 Å². The lowest BCUT2D eigenvalue weighted by Crippen LogP contribution is -2.33.